The first-order chi connectivity index (χ1) is 8.18. The molecule has 0 aliphatic rings. The lowest BCUT2D eigenvalue weighted by atomic mass is 10.2. The summed E-state index contributed by atoms with van der Waals surface area (Å²) in [5.41, 5.74) is 0.704. The fraction of sp³-hybridized carbons (Fsp3) is 0. The molecule has 0 aliphatic heterocycles. The van der Waals surface area contributed by atoms with Gasteiger partial charge < -0.3 is 10.4 Å². The minimum absolute atomic E-state index is 0.0172. The van der Waals surface area contributed by atoms with Crippen LogP contribution in [0.2, 0.25) is 0 Å². The molecule has 2 aromatic rings. The molecule has 5 nitrogen and oxygen atoms in total. The number of aromatic carboxylic acids is 1. The molecule has 86 valence electrons. The minimum Gasteiger partial charge on any atom is -0.478 e. The SMILES string of the molecule is O=C(Nc1cnccc1C(=O)O)c1ccsc1. The molecular weight excluding hydrogens is 240 g/mol. The molecule has 2 rings (SSSR count). The van der Waals surface area contributed by atoms with Crippen LogP contribution in [0.5, 0.6) is 0 Å². The fourth-order valence-corrected chi connectivity index (χ4v) is 1.90. The number of carbonyl (C=O) groups excluding carboxylic acids is 1. The van der Waals surface area contributed by atoms with Gasteiger partial charge in [0.15, 0.2) is 0 Å². The van der Waals surface area contributed by atoms with E-state index in [0.717, 1.165) is 0 Å². The van der Waals surface area contributed by atoms with Gasteiger partial charge >= 0.3 is 5.97 Å². The Morgan fingerprint density at radius 2 is 2.18 bits per heavy atom. The predicted molar refractivity (Wildman–Crippen MR) is 63.5 cm³/mol. The van der Waals surface area contributed by atoms with Crippen molar-refractivity contribution in [3.8, 4) is 0 Å². The van der Waals surface area contributed by atoms with Crippen LogP contribution in [0.15, 0.2) is 35.3 Å². The topological polar surface area (TPSA) is 79.3 Å². The van der Waals surface area contributed by atoms with E-state index in [1.54, 1.807) is 16.8 Å². The van der Waals surface area contributed by atoms with Crippen molar-refractivity contribution < 1.29 is 14.7 Å². The number of carboxylic acids is 1. The zero-order valence-electron chi connectivity index (χ0n) is 8.58. The van der Waals surface area contributed by atoms with Crippen LogP contribution in [0.1, 0.15) is 20.7 Å². The Morgan fingerprint density at radius 1 is 1.35 bits per heavy atom. The van der Waals surface area contributed by atoms with E-state index in [0.29, 0.717) is 5.56 Å². The number of rotatable bonds is 3. The Morgan fingerprint density at radius 3 is 2.82 bits per heavy atom. The first kappa shape index (κ1) is 11.3. The molecule has 0 unspecified atom stereocenters. The number of aromatic nitrogens is 1. The summed E-state index contributed by atoms with van der Waals surface area (Å²) in [7, 11) is 0. The molecule has 0 radical (unpaired) electrons. The third-order valence-corrected chi connectivity index (χ3v) is 2.77. The lowest BCUT2D eigenvalue weighted by molar-refractivity contribution is 0.0698. The molecule has 0 bridgehead atoms. The number of hydrogen-bond acceptors (Lipinski definition) is 4. The van der Waals surface area contributed by atoms with Crippen molar-refractivity contribution in [2.45, 2.75) is 0 Å². The summed E-state index contributed by atoms with van der Waals surface area (Å²) in [6.07, 6.45) is 2.68. The first-order valence-electron chi connectivity index (χ1n) is 4.69. The Balaban J connectivity index is 2.25. The number of thiophene rings is 1. The third-order valence-electron chi connectivity index (χ3n) is 2.08. The zero-order chi connectivity index (χ0) is 12.3. The smallest absolute Gasteiger partial charge is 0.337 e. The Kier molecular flexibility index (Phi) is 3.15. The molecule has 6 heteroatoms. The molecule has 2 heterocycles. The molecular formula is C11H8N2O3S. The summed E-state index contributed by atoms with van der Waals surface area (Å²) in [5, 5.41) is 14.9. The van der Waals surface area contributed by atoms with Gasteiger partial charge in [-0.05, 0) is 17.5 Å². The maximum absolute atomic E-state index is 11.7. The standard InChI is InChI=1S/C11H8N2O3S/c14-10(7-2-4-17-6-7)13-9-5-12-3-1-8(9)11(15)16/h1-6H,(H,13,14)(H,15,16). The number of hydrogen-bond donors (Lipinski definition) is 2. The van der Waals surface area contributed by atoms with Crippen molar-refractivity contribution in [3.05, 3.63) is 46.4 Å². The summed E-state index contributed by atoms with van der Waals surface area (Å²) >= 11 is 1.40. The van der Waals surface area contributed by atoms with E-state index in [-0.39, 0.29) is 17.2 Å². The van der Waals surface area contributed by atoms with Crippen molar-refractivity contribution >= 4 is 28.9 Å². The molecule has 2 aromatic heterocycles. The summed E-state index contributed by atoms with van der Waals surface area (Å²) in [4.78, 5) is 26.4. The highest BCUT2D eigenvalue weighted by Gasteiger charge is 2.13. The quantitative estimate of drug-likeness (QED) is 0.871. The van der Waals surface area contributed by atoms with Gasteiger partial charge in [0.25, 0.3) is 5.91 Å². The molecule has 1 amide bonds. The molecule has 0 fully saturated rings. The van der Waals surface area contributed by atoms with E-state index in [2.05, 4.69) is 10.3 Å². The molecule has 0 aromatic carbocycles. The van der Waals surface area contributed by atoms with Crippen LogP contribution in [-0.4, -0.2) is 22.0 Å². The minimum atomic E-state index is -1.10. The molecule has 17 heavy (non-hydrogen) atoms. The van der Waals surface area contributed by atoms with Gasteiger partial charge in [0.1, 0.15) is 0 Å². The van der Waals surface area contributed by atoms with Gasteiger partial charge in [-0.2, -0.15) is 11.3 Å². The highest BCUT2D eigenvalue weighted by molar-refractivity contribution is 7.08. The van der Waals surface area contributed by atoms with E-state index in [1.165, 1.54) is 29.8 Å². The van der Waals surface area contributed by atoms with E-state index in [4.69, 9.17) is 5.11 Å². The largest absolute Gasteiger partial charge is 0.478 e. The Hall–Kier alpha value is -2.21. The highest BCUT2D eigenvalue weighted by Crippen LogP contribution is 2.15. The molecule has 2 N–H and O–H groups in total. The fourth-order valence-electron chi connectivity index (χ4n) is 1.27. The van der Waals surface area contributed by atoms with E-state index < -0.39 is 5.97 Å². The van der Waals surface area contributed by atoms with Crippen molar-refractivity contribution in [2.75, 3.05) is 5.32 Å². The monoisotopic (exact) mass is 248 g/mol. The molecule has 0 saturated heterocycles. The molecule has 0 atom stereocenters. The van der Waals surface area contributed by atoms with Gasteiger partial charge in [0, 0.05) is 11.6 Å². The van der Waals surface area contributed by atoms with Gasteiger partial charge in [0.05, 0.1) is 23.0 Å². The Bertz CT molecular complexity index is 552. The molecule has 0 spiro atoms. The Labute approximate surface area is 101 Å². The first-order valence-corrected chi connectivity index (χ1v) is 5.63. The lowest BCUT2D eigenvalue weighted by Crippen LogP contribution is -2.14. The van der Waals surface area contributed by atoms with Crippen molar-refractivity contribution in [1.29, 1.82) is 0 Å². The average molecular weight is 248 g/mol. The second kappa shape index (κ2) is 4.75. The van der Waals surface area contributed by atoms with Gasteiger partial charge in [0.2, 0.25) is 0 Å². The zero-order valence-corrected chi connectivity index (χ0v) is 9.40. The maximum atomic E-state index is 11.7. The van der Waals surface area contributed by atoms with Crippen molar-refractivity contribution in [3.63, 3.8) is 0 Å². The van der Waals surface area contributed by atoms with E-state index in [9.17, 15) is 9.59 Å². The number of carboxylic acid groups (broad SMARTS) is 1. The van der Waals surface area contributed by atoms with Crippen LogP contribution >= 0.6 is 11.3 Å². The summed E-state index contributed by atoms with van der Waals surface area (Å²) in [5.74, 6) is -1.45. The number of amides is 1. The summed E-state index contributed by atoms with van der Waals surface area (Å²) in [6, 6.07) is 3.00. The molecule has 0 saturated carbocycles. The van der Waals surface area contributed by atoms with Crippen molar-refractivity contribution in [1.82, 2.24) is 4.98 Å². The second-order valence-electron chi connectivity index (χ2n) is 3.19. The summed E-state index contributed by atoms with van der Waals surface area (Å²) in [6.45, 7) is 0. The number of carbonyl (C=O) groups is 2. The van der Waals surface area contributed by atoms with Gasteiger partial charge in [-0.1, -0.05) is 0 Å². The van der Waals surface area contributed by atoms with Gasteiger partial charge in [-0.25, -0.2) is 4.79 Å². The maximum Gasteiger partial charge on any atom is 0.337 e. The van der Waals surface area contributed by atoms with E-state index in [1.807, 2.05) is 0 Å². The third kappa shape index (κ3) is 2.48. The normalized spacial score (nSPS) is 9.88. The lowest BCUT2D eigenvalue weighted by Gasteiger charge is -2.06. The van der Waals surface area contributed by atoms with Crippen LogP contribution < -0.4 is 5.32 Å². The highest BCUT2D eigenvalue weighted by atomic mass is 32.1. The number of anilines is 1. The van der Waals surface area contributed by atoms with Crippen LogP contribution in [0.3, 0.4) is 0 Å². The average Bonchev–Trinajstić information content (AvgIpc) is 2.83. The van der Waals surface area contributed by atoms with Crippen LogP contribution in [0.4, 0.5) is 5.69 Å². The van der Waals surface area contributed by atoms with Gasteiger partial charge in [-0.15, -0.1) is 0 Å². The molecule has 0 aliphatic carbocycles. The van der Waals surface area contributed by atoms with Crippen molar-refractivity contribution in [2.24, 2.45) is 0 Å². The second-order valence-corrected chi connectivity index (χ2v) is 3.97. The number of pyridine rings is 1. The predicted octanol–water partition coefficient (Wildman–Crippen LogP) is 2.09. The summed E-state index contributed by atoms with van der Waals surface area (Å²) < 4.78 is 0. The van der Waals surface area contributed by atoms with E-state index >= 15 is 0 Å². The number of nitrogens with one attached hydrogen (secondary N) is 1. The van der Waals surface area contributed by atoms with Crippen LogP contribution in [0.25, 0.3) is 0 Å². The number of nitrogens with zero attached hydrogens (tertiary/aromatic N) is 1. The van der Waals surface area contributed by atoms with Crippen LogP contribution in [-0.2, 0) is 0 Å². The van der Waals surface area contributed by atoms with Gasteiger partial charge in [-0.3, -0.25) is 9.78 Å². The van der Waals surface area contributed by atoms with Crippen LogP contribution in [0, 0.1) is 0 Å².